The standard InChI is InChI=1S/C46H66O5/c1-33(19-12-13-20-34(2)22-16-26-37(5)29-30-40-38(6)28-18-31-45(40,8)9)21-14-23-35(3)24-15-25-36(4)27-17-32-46(10,11)51-44-43(49)42(48)41(47)39(7)50-44/h12-17,19-27,29-30,39,41-44,47-49H,18,28,31-32H2,1-11H3/b13-12+,21-14+,22-16+,24-15+,27-17+,30-29+,33-19+,34-20+,35-23+,36-25+,37-26+/t39-,41-,42+,43+,44-/m0/s1. The molecule has 1 aliphatic carbocycles. The van der Waals surface area contributed by atoms with Gasteiger partial charge in [-0.1, -0.05) is 151 Å². The summed E-state index contributed by atoms with van der Waals surface area (Å²) in [5, 5.41) is 30.2. The number of allylic oxidation sites excluding steroid dienone is 23. The van der Waals surface area contributed by atoms with E-state index in [9.17, 15) is 15.3 Å². The maximum Gasteiger partial charge on any atom is 0.187 e. The first kappa shape index (κ1) is 43.8. The molecule has 1 saturated heterocycles. The summed E-state index contributed by atoms with van der Waals surface area (Å²) in [6.07, 6.45) is 34.7. The van der Waals surface area contributed by atoms with Gasteiger partial charge in [-0.05, 0) is 99.0 Å². The smallest absolute Gasteiger partial charge is 0.187 e. The quantitative estimate of drug-likeness (QED) is 0.148. The predicted octanol–water partition coefficient (Wildman–Crippen LogP) is 10.6. The molecule has 5 atom stereocenters. The second-order valence-corrected chi connectivity index (χ2v) is 15.4. The van der Waals surface area contributed by atoms with E-state index in [0.29, 0.717) is 6.42 Å². The summed E-state index contributed by atoms with van der Waals surface area (Å²) >= 11 is 0. The topological polar surface area (TPSA) is 79.2 Å². The maximum absolute atomic E-state index is 10.3. The number of hydrogen-bond donors (Lipinski definition) is 3. The van der Waals surface area contributed by atoms with E-state index in [4.69, 9.17) is 9.47 Å². The highest BCUT2D eigenvalue weighted by molar-refractivity contribution is 5.37. The Morgan fingerprint density at radius 3 is 1.71 bits per heavy atom. The van der Waals surface area contributed by atoms with Crippen molar-refractivity contribution in [2.24, 2.45) is 5.41 Å². The van der Waals surface area contributed by atoms with Gasteiger partial charge in [0.25, 0.3) is 0 Å². The molecule has 0 aromatic rings. The summed E-state index contributed by atoms with van der Waals surface area (Å²) in [7, 11) is 0. The first-order valence-electron chi connectivity index (χ1n) is 18.4. The van der Waals surface area contributed by atoms with Crippen molar-refractivity contribution in [1.29, 1.82) is 0 Å². The monoisotopic (exact) mass is 698 g/mol. The van der Waals surface area contributed by atoms with E-state index in [2.05, 4.69) is 127 Å². The van der Waals surface area contributed by atoms with Crippen LogP contribution in [-0.2, 0) is 9.47 Å². The van der Waals surface area contributed by atoms with Crippen molar-refractivity contribution in [3.05, 3.63) is 142 Å². The molecule has 51 heavy (non-hydrogen) atoms. The average molecular weight is 699 g/mol. The fraction of sp³-hybridized carbons (Fsp3) is 0.478. The van der Waals surface area contributed by atoms with E-state index >= 15 is 0 Å². The highest BCUT2D eigenvalue weighted by atomic mass is 16.7. The van der Waals surface area contributed by atoms with Gasteiger partial charge in [0, 0.05) is 0 Å². The van der Waals surface area contributed by atoms with Gasteiger partial charge in [-0.2, -0.15) is 0 Å². The van der Waals surface area contributed by atoms with Gasteiger partial charge in [0.1, 0.15) is 18.3 Å². The van der Waals surface area contributed by atoms with Gasteiger partial charge in [0.15, 0.2) is 6.29 Å². The van der Waals surface area contributed by atoms with Gasteiger partial charge in [-0.15, -0.1) is 0 Å². The van der Waals surface area contributed by atoms with Gasteiger partial charge in [-0.25, -0.2) is 0 Å². The van der Waals surface area contributed by atoms with Gasteiger partial charge >= 0.3 is 0 Å². The van der Waals surface area contributed by atoms with Crippen LogP contribution in [0.3, 0.4) is 0 Å². The molecule has 1 heterocycles. The second-order valence-electron chi connectivity index (χ2n) is 15.4. The minimum atomic E-state index is -1.31. The van der Waals surface area contributed by atoms with Crippen molar-refractivity contribution in [3.8, 4) is 0 Å². The molecule has 0 radical (unpaired) electrons. The molecule has 2 rings (SSSR count). The summed E-state index contributed by atoms with van der Waals surface area (Å²) in [6, 6.07) is 0. The van der Waals surface area contributed by atoms with Gasteiger partial charge in [0.2, 0.25) is 0 Å². The van der Waals surface area contributed by atoms with Crippen molar-refractivity contribution < 1.29 is 24.8 Å². The highest BCUT2D eigenvalue weighted by Crippen LogP contribution is 2.40. The Morgan fingerprint density at radius 1 is 0.725 bits per heavy atom. The van der Waals surface area contributed by atoms with Crippen LogP contribution in [0.1, 0.15) is 102 Å². The van der Waals surface area contributed by atoms with Crippen molar-refractivity contribution in [1.82, 2.24) is 0 Å². The van der Waals surface area contributed by atoms with Crippen LogP contribution in [0.15, 0.2) is 142 Å². The van der Waals surface area contributed by atoms with Crippen LogP contribution >= 0.6 is 0 Å². The van der Waals surface area contributed by atoms with E-state index < -0.39 is 36.3 Å². The summed E-state index contributed by atoms with van der Waals surface area (Å²) < 4.78 is 11.5. The zero-order valence-corrected chi connectivity index (χ0v) is 33.2. The van der Waals surface area contributed by atoms with Crippen LogP contribution < -0.4 is 0 Å². The van der Waals surface area contributed by atoms with Crippen molar-refractivity contribution in [2.45, 2.75) is 138 Å². The number of aliphatic hydroxyl groups is 3. The summed E-state index contributed by atoms with van der Waals surface area (Å²) in [6.45, 7) is 22.9. The Kier molecular flexibility index (Phi) is 18.3. The zero-order chi connectivity index (χ0) is 38.2. The SMILES string of the molecule is CC1=C(/C=C/C(C)=C/C=C/C(C)=C/C=C/C=C(C)/C=C/C=C(C)/C=C/C=C(C)/C=C/CC(C)(C)O[C@@H]2O[C@@H](C)[C@H](O)[C@@H](O)[C@H]2O)C(C)(C)CCC1. The molecule has 1 fully saturated rings. The third-order valence-electron chi connectivity index (χ3n) is 9.27. The maximum atomic E-state index is 10.3. The fourth-order valence-corrected chi connectivity index (χ4v) is 5.97. The molecular weight excluding hydrogens is 633 g/mol. The Morgan fingerprint density at radius 2 is 1.20 bits per heavy atom. The molecule has 0 saturated carbocycles. The normalized spacial score (nSPS) is 26.9. The molecule has 0 amide bonds. The Balaban J connectivity index is 1.81. The summed E-state index contributed by atoms with van der Waals surface area (Å²) in [5.74, 6) is 0. The second kappa shape index (κ2) is 21.3. The lowest BCUT2D eigenvalue weighted by atomic mass is 9.72. The van der Waals surface area contributed by atoms with Crippen molar-refractivity contribution in [2.75, 3.05) is 0 Å². The van der Waals surface area contributed by atoms with Crippen LogP contribution in [-0.4, -0.2) is 51.6 Å². The molecule has 5 nitrogen and oxygen atoms in total. The number of aliphatic hydroxyl groups excluding tert-OH is 3. The molecule has 0 aromatic heterocycles. The third-order valence-corrected chi connectivity index (χ3v) is 9.27. The van der Waals surface area contributed by atoms with E-state index in [1.165, 1.54) is 47.1 Å². The van der Waals surface area contributed by atoms with Gasteiger partial charge in [0.05, 0.1) is 11.7 Å². The molecule has 3 N–H and O–H groups in total. The summed E-state index contributed by atoms with van der Waals surface area (Å²) in [4.78, 5) is 0. The predicted molar refractivity (Wildman–Crippen MR) is 216 cm³/mol. The van der Waals surface area contributed by atoms with Crippen molar-refractivity contribution >= 4 is 0 Å². The molecule has 1 aliphatic heterocycles. The summed E-state index contributed by atoms with van der Waals surface area (Å²) in [5.41, 5.74) is 8.49. The largest absolute Gasteiger partial charge is 0.388 e. The molecule has 0 unspecified atom stereocenters. The van der Waals surface area contributed by atoms with Crippen LogP contribution in [0.5, 0.6) is 0 Å². The van der Waals surface area contributed by atoms with Crippen molar-refractivity contribution in [3.63, 3.8) is 0 Å². The molecule has 0 spiro atoms. The number of ether oxygens (including phenoxy) is 2. The molecule has 2 aliphatic rings. The third kappa shape index (κ3) is 16.3. The van der Waals surface area contributed by atoms with E-state index in [0.717, 1.165) is 11.1 Å². The Bertz CT molecular complexity index is 1510. The Labute approximate surface area is 309 Å². The Hall–Kier alpha value is -3.32. The van der Waals surface area contributed by atoms with Crippen LogP contribution in [0.25, 0.3) is 0 Å². The number of hydrogen-bond acceptors (Lipinski definition) is 5. The van der Waals surface area contributed by atoms with E-state index in [1.807, 2.05) is 45.1 Å². The van der Waals surface area contributed by atoms with E-state index in [1.54, 1.807) is 6.92 Å². The lowest BCUT2D eigenvalue weighted by molar-refractivity contribution is -0.316. The molecule has 0 aromatic carbocycles. The number of rotatable bonds is 15. The minimum Gasteiger partial charge on any atom is -0.388 e. The van der Waals surface area contributed by atoms with Crippen LogP contribution in [0.2, 0.25) is 0 Å². The highest BCUT2D eigenvalue weighted by Gasteiger charge is 2.44. The minimum absolute atomic E-state index is 0.268. The first-order valence-corrected chi connectivity index (χ1v) is 18.4. The lowest BCUT2D eigenvalue weighted by Crippen LogP contribution is -2.58. The average Bonchev–Trinajstić information content (AvgIpc) is 3.04. The first-order chi connectivity index (χ1) is 23.9. The lowest BCUT2D eigenvalue weighted by Gasteiger charge is -2.42. The van der Waals surface area contributed by atoms with Gasteiger partial charge < -0.3 is 24.8 Å². The molecular formula is C46H66O5. The van der Waals surface area contributed by atoms with E-state index in [-0.39, 0.29) is 5.41 Å². The van der Waals surface area contributed by atoms with Gasteiger partial charge in [-0.3, -0.25) is 0 Å². The molecule has 5 heteroatoms. The molecule has 0 bridgehead atoms. The fourth-order valence-electron chi connectivity index (χ4n) is 5.97. The van der Waals surface area contributed by atoms with Crippen LogP contribution in [0.4, 0.5) is 0 Å². The molecule has 280 valence electrons. The van der Waals surface area contributed by atoms with Crippen LogP contribution in [0, 0.1) is 5.41 Å². The zero-order valence-electron chi connectivity index (χ0n) is 33.2.